The smallest absolute Gasteiger partial charge is 0.356 e. The van der Waals surface area contributed by atoms with Gasteiger partial charge in [-0.05, 0) is 12.8 Å². The molecule has 1 aromatic rings. The van der Waals surface area contributed by atoms with Gasteiger partial charge in [0, 0.05) is 43.7 Å². The SMILES string of the molecule is Cn1nc(C(=O)O)c2c1CCN(C(=O)C1CC1)C2. The normalized spacial score (nSPS) is 18.6. The van der Waals surface area contributed by atoms with E-state index in [0.29, 0.717) is 25.1 Å². The van der Waals surface area contributed by atoms with Crippen LogP contribution in [0.5, 0.6) is 0 Å². The highest BCUT2D eigenvalue weighted by Crippen LogP contribution is 2.33. The van der Waals surface area contributed by atoms with E-state index in [-0.39, 0.29) is 17.5 Å². The molecule has 1 amide bonds. The van der Waals surface area contributed by atoms with Gasteiger partial charge in [-0.1, -0.05) is 0 Å². The Kier molecular flexibility index (Phi) is 2.39. The third kappa shape index (κ3) is 1.68. The maximum absolute atomic E-state index is 12.0. The second-order valence-corrected chi connectivity index (χ2v) is 4.99. The first-order chi connectivity index (χ1) is 8.58. The van der Waals surface area contributed by atoms with Crippen LogP contribution in [0.4, 0.5) is 0 Å². The van der Waals surface area contributed by atoms with Crippen LogP contribution >= 0.6 is 0 Å². The van der Waals surface area contributed by atoms with E-state index in [1.54, 1.807) is 16.6 Å². The molecule has 0 radical (unpaired) electrons. The van der Waals surface area contributed by atoms with Crippen molar-refractivity contribution >= 4 is 11.9 Å². The minimum atomic E-state index is -1.02. The average Bonchev–Trinajstić information content (AvgIpc) is 3.13. The Labute approximate surface area is 104 Å². The molecule has 3 rings (SSSR count). The Bertz CT molecular complexity index is 531. The monoisotopic (exact) mass is 249 g/mol. The number of nitrogens with zero attached hydrogens (tertiary/aromatic N) is 3. The molecule has 1 aliphatic carbocycles. The molecule has 1 fully saturated rings. The molecular weight excluding hydrogens is 234 g/mol. The van der Waals surface area contributed by atoms with Crippen molar-refractivity contribution < 1.29 is 14.7 Å². The Balaban J connectivity index is 1.90. The predicted octanol–water partition coefficient (Wildman–Crippen LogP) is 0.413. The number of rotatable bonds is 2. The van der Waals surface area contributed by atoms with Crippen LogP contribution in [0.1, 0.15) is 34.6 Å². The van der Waals surface area contributed by atoms with Gasteiger partial charge in [-0.3, -0.25) is 9.48 Å². The van der Waals surface area contributed by atoms with Gasteiger partial charge in [-0.15, -0.1) is 0 Å². The van der Waals surface area contributed by atoms with Gasteiger partial charge in [-0.2, -0.15) is 5.10 Å². The molecule has 0 saturated heterocycles. The molecule has 96 valence electrons. The molecule has 6 nitrogen and oxygen atoms in total. The van der Waals surface area contributed by atoms with Crippen molar-refractivity contribution in [3.63, 3.8) is 0 Å². The number of hydrogen-bond acceptors (Lipinski definition) is 3. The van der Waals surface area contributed by atoms with E-state index in [1.807, 2.05) is 0 Å². The summed E-state index contributed by atoms with van der Waals surface area (Å²) in [5.74, 6) is -0.676. The Morgan fingerprint density at radius 3 is 2.72 bits per heavy atom. The number of carbonyl (C=O) groups excluding carboxylic acids is 1. The lowest BCUT2D eigenvalue weighted by Gasteiger charge is -2.27. The van der Waals surface area contributed by atoms with Crippen LogP contribution in [0.2, 0.25) is 0 Å². The van der Waals surface area contributed by atoms with Crippen LogP contribution in [0, 0.1) is 5.92 Å². The molecule has 1 aliphatic heterocycles. The van der Waals surface area contributed by atoms with E-state index >= 15 is 0 Å². The number of aromatic nitrogens is 2. The largest absolute Gasteiger partial charge is 0.476 e. The number of fused-ring (bicyclic) bond motifs is 1. The number of hydrogen-bond donors (Lipinski definition) is 1. The van der Waals surface area contributed by atoms with Crippen molar-refractivity contribution in [3.05, 3.63) is 17.0 Å². The minimum Gasteiger partial charge on any atom is -0.476 e. The summed E-state index contributed by atoms with van der Waals surface area (Å²) in [6.45, 7) is 1.06. The summed E-state index contributed by atoms with van der Waals surface area (Å²) >= 11 is 0. The van der Waals surface area contributed by atoms with Crippen LogP contribution < -0.4 is 0 Å². The fourth-order valence-corrected chi connectivity index (χ4v) is 2.54. The molecule has 2 aliphatic rings. The van der Waals surface area contributed by atoms with Gasteiger partial charge in [0.25, 0.3) is 0 Å². The van der Waals surface area contributed by atoms with E-state index in [9.17, 15) is 9.59 Å². The Morgan fingerprint density at radius 1 is 1.39 bits per heavy atom. The lowest BCUT2D eigenvalue weighted by atomic mass is 10.0. The lowest BCUT2D eigenvalue weighted by Crippen LogP contribution is -2.37. The van der Waals surface area contributed by atoms with Gasteiger partial charge in [-0.25, -0.2) is 4.79 Å². The van der Waals surface area contributed by atoms with Crippen LogP contribution in [0.15, 0.2) is 0 Å². The highest BCUT2D eigenvalue weighted by Gasteiger charge is 2.36. The number of amides is 1. The van der Waals surface area contributed by atoms with E-state index in [0.717, 1.165) is 18.5 Å². The maximum atomic E-state index is 12.0. The average molecular weight is 249 g/mol. The van der Waals surface area contributed by atoms with Crippen molar-refractivity contribution in [2.24, 2.45) is 13.0 Å². The van der Waals surface area contributed by atoms with Crippen molar-refractivity contribution in [1.82, 2.24) is 14.7 Å². The van der Waals surface area contributed by atoms with E-state index < -0.39 is 5.97 Å². The molecule has 1 aromatic heterocycles. The summed E-state index contributed by atoms with van der Waals surface area (Å²) < 4.78 is 1.62. The van der Waals surface area contributed by atoms with Crippen molar-refractivity contribution in [3.8, 4) is 0 Å². The summed E-state index contributed by atoms with van der Waals surface area (Å²) in [5, 5.41) is 13.1. The zero-order valence-electron chi connectivity index (χ0n) is 10.2. The highest BCUT2D eigenvalue weighted by molar-refractivity contribution is 5.88. The third-order valence-electron chi connectivity index (χ3n) is 3.68. The zero-order valence-corrected chi connectivity index (χ0v) is 10.2. The molecule has 2 heterocycles. The van der Waals surface area contributed by atoms with Gasteiger partial charge in [0.15, 0.2) is 5.69 Å². The van der Waals surface area contributed by atoms with Crippen LogP contribution in [0.25, 0.3) is 0 Å². The molecule has 18 heavy (non-hydrogen) atoms. The highest BCUT2D eigenvalue weighted by atomic mass is 16.4. The molecule has 1 saturated carbocycles. The number of carboxylic acids is 1. The molecule has 0 bridgehead atoms. The van der Waals surface area contributed by atoms with E-state index in [2.05, 4.69) is 5.10 Å². The number of carboxylic acid groups (broad SMARTS) is 1. The quantitative estimate of drug-likeness (QED) is 0.823. The molecule has 0 unspecified atom stereocenters. The van der Waals surface area contributed by atoms with Crippen LogP contribution in [0.3, 0.4) is 0 Å². The zero-order chi connectivity index (χ0) is 12.9. The molecule has 0 aromatic carbocycles. The summed E-state index contributed by atoms with van der Waals surface area (Å²) in [6, 6.07) is 0. The molecule has 0 spiro atoms. The van der Waals surface area contributed by atoms with Crippen molar-refractivity contribution in [2.45, 2.75) is 25.8 Å². The fraction of sp³-hybridized carbons (Fsp3) is 0.583. The first-order valence-electron chi connectivity index (χ1n) is 6.14. The first kappa shape index (κ1) is 11.3. The summed E-state index contributed by atoms with van der Waals surface area (Å²) in [4.78, 5) is 24.9. The summed E-state index contributed by atoms with van der Waals surface area (Å²) in [5.41, 5.74) is 1.72. The predicted molar refractivity (Wildman–Crippen MR) is 62.0 cm³/mol. The van der Waals surface area contributed by atoms with Gasteiger partial charge in [0.2, 0.25) is 5.91 Å². The lowest BCUT2D eigenvalue weighted by molar-refractivity contribution is -0.133. The van der Waals surface area contributed by atoms with Crippen LogP contribution in [-0.4, -0.2) is 38.2 Å². The van der Waals surface area contributed by atoms with Gasteiger partial charge >= 0.3 is 5.97 Å². The number of aromatic carboxylic acids is 1. The van der Waals surface area contributed by atoms with Gasteiger partial charge in [0.1, 0.15) is 0 Å². The number of carbonyl (C=O) groups is 2. The summed E-state index contributed by atoms with van der Waals surface area (Å²) in [6.07, 6.45) is 2.63. The van der Waals surface area contributed by atoms with Gasteiger partial charge < -0.3 is 10.0 Å². The minimum absolute atomic E-state index is 0.0841. The third-order valence-corrected chi connectivity index (χ3v) is 3.68. The Morgan fingerprint density at radius 2 is 2.11 bits per heavy atom. The van der Waals surface area contributed by atoms with E-state index in [4.69, 9.17) is 5.11 Å². The molecular formula is C12H15N3O3. The second kappa shape index (κ2) is 3.83. The van der Waals surface area contributed by atoms with E-state index in [1.165, 1.54) is 0 Å². The summed E-state index contributed by atoms with van der Waals surface area (Å²) in [7, 11) is 1.75. The molecule has 0 atom stereocenters. The van der Waals surface area contributed by atoms with Crippen molar-refractivity contribution in [1.29, 1.82) is 0 Å². The topological polar surface area (TPSA) is 75.4 Å². The van der Waals surface area contributed by atoms with Gasteiger partial charge in [0.05, 0.1) is 0 Å². The molecule has 1 N–H and O–H groups in total. The van der Waals surface area contributed by atoms with Crippen LogP contribution in [-0.2, 0) is 24.8 Å². The second-order valence-electron chi connectivity index (χ2n) is 4.99. The maximum Gasteiger partial charge on any atom is 0.356 e. The first-order valence-corrected chi connectivity index (χ1v) is 6.14. The molecule has 6 heteroatoms. The fourth-order valence-electron chi connectivity index (χ4n) is 2.54. The standard InChI is InChI=1S/C12H15N3O3/c1-14-9-4-5-15(11(16)7-2-3-7)6-8(9)10(13-14)12(17)18/h7H,2-6H2,1H3,(H,17,18). The number of aryl methyl sites for hydroxylation is 1. The van der Waals surface area contributed by atoms with Crippen molar-refractivity contribution in [2.75, 3.05) is 6.54 Å². The Hall–Kier alpha value is -1.85.